The van der Waals surface area contributed by atoms with E-state index in [0.29, 0.717) is 36.8 Å². The first-order valence-electron chi connectivity index (χ1n) is 10.0. The first-order valence-corrected chi connectivity index (χ1v) is 10.0. The maximum atomic E-state index is 12.7. The van der Waals surface area contributed by atoms with Crippen molar-refractivity contribution in [2.24, 2.45) is 5.92 Å². The Morgan fingerprint density at radius 1 is 1.17 bits per heavy atom. The van der Waals surface area contributed by atoms with Gasteiger partial charge in [-0.05, 0) is 44.0 Å². The van der Waals surface area contributed by atoms with Crippen LogP contribution in [-0.2, 0) is 9.59 Å². The number of nitrogens with one attached hydrogen (secondary N) is 1. The smallest absolute Gasteiger partial charge is 0.260 e. The molecule has 1 heterocycles. The molecule has 3 rings (SSSR count). The van der Waals surface area contributed by atoms with E-state index in [2.05, 4.69) is 11.4 Å². The molecule has 1 N–H and O–H groups in total. The van der Waals surface area contributed by atoms with E-state index < -0.39 is 0 Å². The predicted octanol–water partition coefficient (Wildman–Crippen LogP) is 3.21. The van der Waals surface area contributed by atoms with Gasteiger partial charge >= 0.3 is 0 Å². The molecule has 7 nitrogen and oxygen atoms in total. The Labute approximate surface area is 176 Å². The number of nitrogens with zero attached hydrogens (tertiary/aromatic N) is 2. The Hall–Kier alpha value is -3.53. The molecule has 0 aliphatic carbocycles. The van der Waals surface area contributed by atoms with Gasteiger partial charge in [0.15, 0.2) is 18.1 Å². The fraction of sp³-hybridized carbons (Fsp3) is 0.348. The minimum Gasteiger partial charge on any atom is -0.490 e. The van der Waals surface area contributed by atoms with Gasteiger partial charge in [0.05, 0.1) is 24.2 Å². The Bertz CT molecular complexity index is 924. The molecule has 30 heavy (non-hydrogen) atoms. The molecule has 7 heteroatoms. The molecule has 2 amide bonds. The molecular weight excluding hydrogens is 382 g/mol. The Kier molecular flexibility index (Phi) is 7.28. The zero-order chi connectivity index (χ0) is 21.3. The van der Waals surface area contributed by atoms with Crippen LogP contribution in [0.15, 0.2) is 48.5 Å². The number of ether oxygens (including phenoxy) is 2. The lowest BCUT2D eigenvalue weighted by Crippen LogP contribution is -2.45. The molecule has 2 aromatic rings. The minimum atomic E-state index is -0.253. The molecule has 0 radical (unpaired) electrons. The Morgan fingerprint density at radius 2 is 1.97 bits per heavy atom. The van der Waals surface area contributed by atoms with Crippen LogP contribution in [0.3, 0.4) is 0 Å². The maximum Gasteiger partial charge on any atom is 0.260 e. The number of piperidine rings is 1. The van der Waals surface area contributed by atoms with Gasteiger partial charge in [-0.3, -0.25) is 9.59 Å². The van der Waals surface area contributed by atoms with Crippen LogP contribution in [0.5, 0.6) is 11.5 Å². The first kappa shape index (κ1) is 21.2. The highest BCUT2D eigenvalue weighted by Crippen LogP contribution is 2.28. The molecular formula is C23H25N3O4. The van der Waals surface area contributed by atoms with Gasteiger partial charge in [0.25, 0.3) is 5.91 Å². The average molecular weight is 407 g/mol. The number of likely N-dealkylation sites (tertiary alicyclic amines) is 1. The summed E-state index contributed by atoms with van der Waals surface area (Å²) in [7, 11) is 0. The van der Waals surface area contributed by atoms with Crippen LogP contribution in [0.1, 0.15) is 25.3 Å². The Morgan fingerprint density at radius 3 is 2.70 bits per heavy atom. The zero-order valence-electron chi connectivity index (χ0n) is 17.0. The van der Waals surface area contributed by atoms with E-state index in [1.807, 2.05) is 37.3 Å². The van der Waals surface area contributed by atoms with Crippen LogP contribution in [0, 0.1) is 17.2 Å². The van der Waals surface area contributed by atoms with Crippen LogP contribution in [-0.4, -0.2) is 43.0 Å². The second-order valence-corrected chi connectivity index (χ2v) is 7.03. The molecule has 0 aromatic heterocycles. The predicted molar refractivity (Wildman–Crippen MR) is 112 cm³/mol. The van der Waals surface area contributed by atoms with E-state index in [1.165, 1.54) is 0 Å². The van der Waals surface area contributed by atoms with Crippen molar-refractivity contribution in [1.29, 1.82) is 5.26 Å². The highest BCUT2D eigenvalue weighted by atomic mass is 16.5. The Balaban J connectivity index is 1.57. The second-order valence-electron chi connectivity index (χ2n) is 7.03. The molecule has 1 unspecified atom stereocenters. The van der Waals surface area contributed by atoms with Crippen molar-refractivity contribution >= 4 is 17.5 Å². The zero-order valence-corrected chi connectivity index (χ0v) is 17.0. The van der Waals surface area contributed by atoms with Gasteiger partial charge in [0, 0.05) is 24.8 Å². The molecule has 1 fully saturated rings. The molecule has 1 atom stereocenters. The summed E-state index contributed by atoms with van der Waals surface area (Å²) in [6.45, 7) is 3.07. The molecule has 1 saturated heterocycles. The van der Waals surface area contributed by atoms with Crippen molar-refractivity contribution in [3.63, 3.8) is 0 Å². The molecule has 0 bridgehead atoms. The third-order valence-corrected chi connectivity index (χ3v) is 4.91. The van der Waals surface area contributed by atoms with Gasteiger partial charge in [-0.2, -0.15) is 5.26 Å². The number of para-hydroxylation sites is 1. The van der Waals surface area contributed by atoms with Gasteiger partial charge in [-0.1, -0.05) is 18.2 Å². The van der Waals surface area contributed by atoms with Gasteiger partial charge in [-0.15, -0.1) is 0 Å². The summed E-state index contributed by atoms with van der Waals surface area (Å²) in [6.07, 6.45) is 1.51. The number of hydrogen-bond acceptors (Lipinski definition) is 5. The van der Waals surface area contributed by atoms with Crippen LogP contribution in [0.2, 0.25) is 0 Å². The monoisotopic (exact) mass is 407 g/mol. The van der Waals surface area contributed by atoms with E-state index in [4.69, 9.17) is 14.7 Å². The highest BCUT2D eigenvalue weighted by molar-refractivity contribution is 5.93. The number of anilines is 1. The molecule has 0 spiro atoms. The minimum absolute atomic E-state index is 0.0784. The van der Waals surface area contributed by atoms with Crippen LogP contribution in [0.25, 0.3) is 0 Å². The van der Waals surface area contributed by atoms with Gasteiger partial charge in [0.1, 0.15) is 0 Å². The SMILES string of the molecule is CCOc1cc(C#N)ccc1OCC(=O)N1CCCC(C(=O)Nc2ccccc2)C1. The lowest BCUT2D eigenvalue weighted by Gasteiger charge is -2.32. The quantitative estimate of drug-likeness (QED) is 0.761. The molecule has 0 saturated carbocycles. The maximum absolute atomic E-state index is 12.7. The summed E-state index contributed by atoms with van der Waals surface area (Å²) < 4.78 is 11.2. The van der Waals surface area contributed by atoms with Gasteiger partial charge in [0.2, 0.25) is 5.91 Å². The normalized spacial score (nSPS) is 15.7. The number of hydrogen-bond donors (Lipinski definition) is 1. The lowest BCUT2D eigenvalue weighted by molar-refractivity contribution is -0.136. The number of benzene rings is 2. The molecule has 156 valence electrons. The number of carbonyl (C=O) groups is 2. The van der Waals surface area contributed by atoms with E-state index in [9.17, 15) is 9.59 Å². The third kappa shape index (κ3) is 5.51. The van der Waals surface area contributed by atoms with Crippen molar-refractivity contribution in [3.8, 4) is 17.6 Å². The number of nitriles is 1. The summed E-state index contributed by atoms with van der Waals surface area (Å²) in [5.74, 6) is 0.337. The fourth-order valence-corrected chi connectivity index (χ4v) is 3.38. The topological polar surface area (TPSA) is 91.7 Å². The summed E-state index contributed by atoms with van der Waals surface area (Å²) in [5, 5.41) is 11.9. The van der Waals surface area contributed by atoms with Crippen molar-refractivity contribution in [2.75, 3.05) is 31.6 Å². The van der Waals surface area contributed by atoms with Crippen LogP contribution < -0.4 is 14.8 Å². The number of amides is 2. The second kappa shape index (κ2) is 10.3. The number of carbonyl (C=O) groups excluding carboxylic acids is 2. The van der Waals surface area contributed by atoms with E-state index >= 15 is 0 Å². The fourth-order valence-electron chi connectivity index (χ4n) is 3.38. The number of rotatable bonds is 7. The summed E-state index contributed by atoms with van der Waals surface area (Å²) in [4.78, 5) is 26.9. The van der Waals surface area contributed by atoms with Crippen molar-refractivity contribution in [1.82, 2.24) is 4.90 Å². The third-order valence-electron chi connectivity index (χ3n) is 4.91. The van der Waals surface area contributed by atoms with E-state index in [-0.39, 0.29) is 24.3 Å². The van der Waals surface area contributed by atoms with Gasteiger partial charge in [-0.25, -0.2) is 0 Å². The molecule has 1 aliphatic rings. The van der Waals surface area contributed by atoms with Crippen LogP contribution in [0.4, 0.5) is 5.69 Å². The van der Waals surface area contributed by atoms with E-state index in [1.54, 1.807) is 23.1 Å². The summed E-state index contributed by atoms with van der Waals surface area (Å²) in [5.41, 5.74) is 1.21. The standard InChI is InChI=1S/C23H25N3O4/c1-2-29-21-13-17(14-24)10-11-20(21)30-16-22(27)26-12-6-7-18(15-26)23(28)25-19-8-4-3-5-9-19/h3-5,8-11,13,18H,2,6-7,12,15-16H2,1H3,(H,25,28). The lowest BCUT2D eigenvalue weighted by atomic mass is 9.97. The average Bonchev–Trinajstić information content (AvgIpc) is 2.79. The summed E-state index contributed by atoms with van der Waals surface area (Å²) >= 11 is 0. The molecule has 2 aromatic carbocycles. The first-order chi connectivity index (χ1) is 14.6. The largest absolute Gasteiger partial charge is 0.490 e. The van der Waals surface area contributed by atoms with E-state index in [0.717, 1.165) is 18.5 Å². The summed E-state index contributed by atoms with van der Waals surface area (Å²) in [6, 6.07) is 16.2. The van der Waals surface area contributed by atoms with Crippen LogP contribution >= 0.6 is 0 Å². The van der Waals surface area contributed by atoms with Crippen molar-refractivity contribution in [2.45, 2.75) is 19.8 Å². The molecule has 1 aliphatic heterocycles. The van der Waals surface area contributed by atoms with Crippen molar-refractivity contribution in [3.05, 3.63) is 54.1 Å². The van der Waals surface area contributed by atoms with Crippen molar-refractivity contribution < 1.29 is 19.1 Å². The van der Waals surface area contributed by atoms with Gasteiger partial charge < -0.3 is 19.7 Å². The highest BCUT2D eigenvalue weighted by Gasteiger charge is 2.28.